The fraction of sp³-hybridized carbons (Fsp3) is 0.381. The summed E-state index contributed by atoms with van der Waals surface area (Å²) >= 11 is 6.26. The number of sulfonamides is 1. The Hall–Kier alpha value is -2.72. The van der Waals surface area contributed by atoms with Gasteiger partial charge in [0.05, 0.1) is 0 Å². The van der Waals surface area contributed by atoms with E-state index < -0.39 is 26.3 Å². The lowest BCUT2D eigenvalue weighted by Crippen LogP contribution is -2.42. The van der Waals surface area contributed by atoms with E-state index in [1.807, 2.05) is 24.7 Å². The van der Waals surface area contributed by atoms with Gasteiger partial charge in [0.2, 0.25) is 0 Å². The minimum atomic E-state index is -4.25. The molecule has 0 spiro atoms. The number of nitrogens with zero attached hydrogens (tertiary/aromatic N) is 4. The van der Waals surface area contributed by atoms with Crippen molar-refractivity contribution in [2.75, 3.05) is 4.72 Å². The van der Waals surface area contributed by atoms with E-state index in [1.165, 1.54) is 24.7 Å². The van der Waals surface area contributed by atoms with Crippen LogP contribution in [0.5, 0.6) is 5.75 Å². The fourth-order valence-electron chi connectivity index (χ4n) is 4.21. The molecule has 32 heavy (non-hydrogen) atoms. The SMILES string of the molecule is Cn1nccc1[C@H]1CCCC[C@@]1(C)Oc1ccc(S(=O)(=O)Nc2ccncn2)c(F)c1Cl. The Bertz CT molecular complexity index is 1220. The molecule has 0 aliphatic heterocycles. The van der Waals surface area contributed by atoms with Crippen LogP contribution in [-0.4, -0.2) is 33.8 Å². The monoisotopic (exact) mass is 479 g/mol. The van der Waals surface area contributed by atoms with Crippen LogP contribution in [0.3, 0.4) is 0 Å². The van der Waals surface area contributed by atoms with Gasteiger partial charge in [-0.15, -0.1) is 0 Å². The lowest BCUT2D eigenvalue weighted by Gasteiger charge is -2.41. The van der Waals surface area contributed by atoms with Gasteiger partial charge in [0.25, 0.3) is 10.0 Å². The third-order valence-electron chi connectivity index (χ3n) is 5.83. The molecule has 0 bridgehead atoms. The maximum atomic E-state index is 15.1. The molecular weight excluding hydrogens is 457 g/mol. The van der Waals surface area contributed by atoms with Crippen molar-refractivity contribution in [1.82, 2.24) is 19.7 Å². The highest BCUT2D eigenvalue weighted by molar-refractivity contribution is 7.92. The van der Waals surface area contributed by atoms with E-state index >= 15 is 4.39 Å². The highest BCUT2D eigenvalue weighted by atomic mass is 35.5. The quantitative estimate of drug-likeness (QED) is 0.566. The third kappa shape index (κ3) is 4.29. The number of ether oxygens (including phenoxy) is 1. The number of hydrogen-bond acceptors (Lipinski definition) is 6. The van der Waals surface area contributed by atoms with Crippen LogP contribution in [0, 0.1) is 5.82 Å². The topological polar surface area (TPSA) is 99.0 Å². The Balaban J connectivity index is 1.64. The van der Waals surface area contributed by atoms with Crippen molar-refractivity contribution in [3.8, 4) is 5.75 Å². The summed E-state index contributed by atoms with van der Waals surface area (Å²) in [6.07, 6.45) is 7.93. The highest BCUT2D eigenvalue weighted by Crippen LogP contribution is 2.45. The minimum Gasteiger partial charge on any atom is -0.485 e. The molecule has 0 saturated heterocycles. The van der Waals surface area contributed by atoms with Crippen molar-refractivity contribution in [1.29, 1.82) is 0 Å². The second-order valence-electron chi connectivity index (χ2n) is 7.98. The largest absolute Gasteiger partial charge is 0.485 e. The van der Waals surface area contributed by atoms with Crippen LogP contribution in [0.25, 0.3) is 0 Å². The number of anilines is 1. The number of hydrogen-bond donors (Lipinski definition) is 1. The standard InChI is InChI=1S/C21H23ClFN5O3S/c1-21(10-4-3-5-14(21)15-8-12-26-28(15)2)31-16-6-7-17(20(23)19(16)22)32(29,30)27-18-9-11-24-13-25-18/h6-9,11-14H,3-5,10H2,1-2H3,(H,24,25,27)/t14-,21-/m1/s1. The first-order valence-electron chi connectivity index (χ1n) is 10.1. The van der Waals surface area contributed by atoms with Gasteiger partial charge in [-0.1, -0.05) is 18.0 Å². The summed E-state index contributed by atoms with van der Waals surface area (Å²) in [7, 11) is -2.37. The first-order valence-corrected chi connectivity index (χ1v) is 12.0. The molecule has 3 aromatic rings. The van der Waals surface area contributed by atoms with Gasteiger partial charge in [-0.05, 0) is 50.5 Å². The normalized spacial score (nSPS) is 21.3. The van der Waals surface area contributed by atoms with E-state index in [9.17, 15) is 8.42 Å². The van der Waals surface area contributed by atoms with Gasteiger partial charge < -0.3 is 4.74 Å². The average molecular weight is 480 g/mol. The molecule has 0 unspecified atom stereocenters. The van der Waals surface area contributed by atoms with Crippen LogP contribution in [0.2, 0.25) is 5.02 Å². The van der Waals surface area contributed by atoms with E-state index in [1.54, 1.807) is 6.20 Å². The molecule has 0 radical (unpaired) electrons. The average Bonchev–Trinajstić information content (AvgIpc) is 3.17. The molecule has 0 amide bonds. The summed E-state index contributed by atoms with van der Waals surface area (Å²) in [5, 5.41) is 3.88. The van der Waals surface area contributed by atoms with Crippen molar-refractivity contribution < 1.29 is 17.5 Å². The Kier molecular flexibility index (Phi) is 6.09. The molecule has 8 nitrogen and oxygen atoms in total. The first kappa shape index (κ1) is 22.5. The number of aryl methyl sites for hydroxylation is 1. The lowest BCUT2D eigenvalue weighted by atomic mass is 9.74. The highest BCUT2D eigenvalue weighted by Gasteiger charge is 2.41. The molecule has 1 aromatic carbocycles. The Morgan fingerprint density at radius 3 is 2.75 bits per heavy atom. The van der Waals surface area contributed by atoms with Gasteiger partial charge in [0.1, 0.15) is 33.4 Å². The molecule has 1 aliphatic carbocycles. The van der Waals surface area contributed by atoms with E-state index in [2.05, 4.69) is 19.8 Å². The van der Waals surface area contributed by atoms with Crippen molar-refractivity contribution >= 4 is 27.4 Å². The second kappa shape index (κ2) is 8.67. The van der Waals surface area contributed by atoms with Gasteiger partial charge in [-0.25, -0.2) is 22.8 Å². The molecular formula is C21H23ClFN5O3S. The minimum absolute atomic E-state index is 0.0181. The Morgan fingerprint density at radius 1 is 1.25 bits per heavy atom. The third-order valence-corrected chi connectivity index (χ3v) is 7.56. The van der Waals surface area contributed by atoms with Crippen molar-refractivity contribution in [2.24, 2.45) is 7.05 Å². The maximum absolute atomic E-state index is 15.1. The van der Waals surface area contributed by atoms with Gasteiger partial charge in [0.15, 0.2) is 5.82 Å². The lowest BCUT2D eigenvalue weighted by molar-refractivity contribution is 0.0231. The number of aromatic nitrogens is 4. The number of benzene rings is 1. The van der Waals surface area contributed by atoms with Crippen LogP contribution in [0.4, 0.5) is 10.2 Å². The molecule has 2 heterocycles. The van der Waals surface area contributed by atoms with Crippen molar-refractivity contribution in [2.45, 2.75) is 49.0 Å². The summed E-state index contributed by atoms with van der Waals surface area (Å²) in [5.74, 6) is -0.931. The molecule has 2 atom stereocenters. The smallest absolute Gasteiger partial charge is 0.266 e. The summed E-state index contributed by atoms with van der Waals surface area (Å²) in [6.45, 7) is 1.97. The molecule has 170 valence electrons. The molecule has 1 fully saturated rings. The van der Waals surface area contributed by atoms with Gasteiger partial charge >= 0.3 is 0 Å². The van der Waals surface area contributed by atoms with E-state index in [4.69, 9.17) is 16.3 Å². The zero-order chi connectivity index (χ0) is 22.9. The van der Waals surface area contributed by atoms with Gasteiger partial charge in [0, 0.05) is 31.1 Å². The second-order valence-corrected chi connectivity index (χ2v) is 10.0. The number of halogens is 2. The molecule has 1 aliphatic rings. The predicted octanol–water partition coefficient (Wildman–Crippen LogP) is 4.30. The summed E-state index contributed by atoms with van der Waals surface area (Å²) in [5.41, 5.74) is 0.374. The molecule has 2 aromatic heterocycles. The van der Waals surface area contributed by atoms with Crippen LogP contribution in [0.15, 0.2) is 47.9 Å². The molecule has 4 rings (SSSR count). The van der Waals surface area contributed by atoms with Crippen LogP contribution in [-0.2, 0) is 17.1 Å². The van der Waals surface area contributed by atoms with E-state index in [-0.39, 0.29) is 22.5 Å². The zero-order valence-electron chi connectivity index (χ0n) is 17.6. The molecule has 1 saturated carbocycles. The number of nitrogens with one attached hydrogen (secondary N) is 1. The van der Waals surface area contributed by atoms with Gasteiger partial charge in [-0.3, -0.25) is 9.40 Å². The number of rotatable bonds is 6. The maximum Gasteiger partial charge on any atom is 0.266 e. The summed E-state index contributed by atoms with van der Waals surface area (Å²) in [4.78, 5) is 6.92. The Morgan fingerprint density at radius 2 is 2.06 bits per heavy atom. The molecule has 11 heteroatoms. The predicted molar refractivity (Wildman–Crippen MR) is 118 cm³/mol. The van der Waals surface area contributed by atoms with E-state index in [0.717, 1.165) is 37.4 Å². The van der Waals surface area contributed by atoms with Crippen LogP contribution in [0.1, 0.15) is 44.2 Å². The molecule has 1 N–H and O–H groups in total. The zero-order valence-corrected chi connectivity index (χ0v) is 19.2. The van der Waals surface area contributed by atoms with Crippen molar-refractivity contribution in [3.05, 3.63) is 59.5 Å². The summed E-state index contributed by atoms with van der Waals surface area (Å²) in [6, 6.07) is 5.84. The van der Waals surface area contributed by atoms with Crippen LogP contribution >= 0.6 is 11.6 Å². The van der Waals surface area contributed by atoms with E-state index in [0.29, 0.717) is 0 Å². The van der Waals surface area contributed by atoms with Crippen molar-refractivity contribution in [3.63, 3.8) is 0 Å². The van der Waals surface area contributed by atoms with Gasteiger partial charge in [-0.2, -0.15) is 5.10 Å². The first-order chi connectivity index (χ1) is 15.2. The summed E-state index contributed by atoms with van der Waals surface area (Å²) < 4.78 is 50.7. The Labute approximate surface area is 190 Å². The van der Waals surface area contributed by atoms with Crippen LogP contribution < -0.4 is 9.46 Å². The fourth-order valence-corrected chi connectivity index (χ4v) is 5.56.